The molecule has 0 spiro atoms. The van der Waals surface area contributed by atoms with Gasteiger partial charge in [-0.25, -0.2) is 0 Å². The Morgan fingerprint density at radius 1 is 1.07 bits per heavy atom. The summed E-state index contributed by atoms with van der Waals surface area (Å²) in [6, 6.07) is 11.3. The number of hydrogen-bond acceptors (Lipinski definition) is 5. The molecule has 0 bridgehead atoms. The fourth-order valence-corrected chi connectivity index (χ4v) is 9.58. The Morgan fingerprint density at radius 3 is 2.17 bits per heavy atom. The average Bonchev–Trinajstić information content (AvgIpc) is 2.95. The van der Waals surface area contributed by atoms with Crippen molar-refractivity contribution in [3.8, 4) is 5.75 Å². The summed E-state index contributed by atoms with van der Waals surface area (Å²) in [5.74, 6) is 1.37. The molecule has 42 heavy (non-hydrogen) atoms. The summed E-state index contributed by atoms with van der Waals surface area (Å²) in [6.07, 6.45) is 6.15. The highest BCUT2D eigenvalue weighted by atomic mass is 28.4. The molecule has 1 aliphatic rings. The van der Waals surface area contributed by atoms with Crippen molar-refractivity contribution in [3.05, 3.63) is 53.6 Å². The quantitative estimate of drug-likeness (QED) is 0.145. The van der Waals surface area contributed by atoms with Crippen molar-refractivity contribution in [2.45, 2.75) is 124 Å². The first-order valence-electron chi connectivity index (χ1n) is 16.2. The highest BCUT2D eigenvalue weighted by molar-refractivity contribution is 6.74. The van der Waals surface area contributed by atoms with Gasteiger partial charge in [-0.2, -0.15) is 0 Å². The fourth-order valence-electron chi connectivity index (χ4n) is 5.64. The van der Waals surface area contributed by atoms with Gasteiger partial charge in [-0.3, -0.25) is 0 Å². The lowest BCUT2D eigenvalue weighted by molar-refractivity contribution is -0.257. The van der Waals surface area contributed by atoms with E-state index in [2.05, 4.69) is 101 Å². The standard InChI is InChI=1S/C35H62O5Si2/c1-14-18-26(5)23-27(6)33(40-42(15-2,16-3)17-4)31(25-38-41(12,13)35(8,9)10)32-28(7)24-37-34(39-32)29-19-21-30(36-11)22-20-29/h14,18-23,26,28,31-34H,15-17,24-25H2,1-13H3/b18-14-,27-23+/t26-,28-,31-,32+,33-,34+/m1/s1. The van der Waals surface area contributed by atoms with Crippen molar-refractivity contribution in [1.82, 2.24) is 0 Å². The van der Waals surface area contributed by atoms with E-state index >= 15 is 0 Å². The van der Waals surface area contributed by atoms with Crippen LogP contribution in [0.1, 0.15) is 81.1 Å². The summed E-state index contributed by atoms with van der Waals surface area (Å²) in [7, 11) is -2.31. The molecule has 0 saturated carbocycles. The third kappa shape index (κ3) is 9.64. The first-order chi connectivity index (χ1) is 19.7. The van der Waals surface area contributed by atoms with Crippen LogP contribution in [0, 0.1) is 17.8 Å². The van der Waals surface area contributed by atoms with Crippen molar-refractivity contribution >= 4 is 16.6 Å². The first kappa shape index (κ1) is 37.0. The largest absolute Gasteiger partial charge is 0.497 e. The Labute approximate surface area is 260 Å². The molecule has 7 heteroatoms. The number of ether oxygens (including phenoxy) is 3. The topological polar surface area (TPSA) is 46.2 Å². The average molecular weight is 619 g/mol. The van der Waals surface area contributed by atoms with Gasteiger partial charge < -0.3 is 23.1 Å². The van der Waals surface area contributed by atoms with Gasteiger partial charge >= 0.3 is 0 Å². The molecule has 2 rings (SSSR count). The molecule has 0 N–H and O–H groups in total. The van der Waals surface area contributed by atoms with E-state index in [1.807, 2.05) is 24.3 Å². The molecule has 1 saturated heterocycles. The minimum absolute atomic E-state index is 0.0318. The molecular weight excluding hydrogens is 557 g/mol. The lowest BCUT2D eigenvalue weighted by Gasteiger charge is -2.46. The normalized spacial score (nSPS) is 23.2. The predicted octanol–water partition coefficient (Wildman–Crippen LogP) is 9.93. The van der Waals surface area contributed by atoms with Crippen LogP contribution >= 0.6 is 0 Å². The number of methoxy groups -OCH3 is 1. The smallest absolute Gasteiger partial charge is 0.192 e. The van der Waals surface area contributed by atoms with Crippen LogP contribution in [0.4, 0.5) is 0 Å². The second-order valence-corrected chi connectivity index (χ2v) is 23.4. The molecule has 240 valence electrons. The van der Waals surface area contributed by atoms with E-state index in [0.29, 0.717) is 19.1 Å². The van der Waals surface area contributed by atoms with Crippen LogP contribution in [-0.2, 0) is 18.3 Å². The lowest BCUT2D eigenvalue weighted by atomic mass is 9.84. The maximum absolute atomic E-state index is 7.46. The van der Waals surface area contributed by atoms with Gasteiger partial charge in [0.25, 0.3) is 0 Å². The van der Waals surface area contributed by atoms with Crippen LogP contribution < -0.4 is 4.74 Å². The summed E-state index contributed by atoms with van der Waals surface area (Å²) in [6.45, 7) is 28.6. The number of allylic oxidation sites excluding steroid dienone is 3. The maximum atomic E-state index is 7.46. The van der Waals surface area contributed by atoms with Crippen molar-refractivity contribution < 1.29 is 23.1 Å². The van der Waals surface area contributed by atoms with Crippen LogP contribution in [0.5, 0.6) is 5.75 Å². The van der Waals surface area contributed by atoms with E-state index in [1.54, 1.807) is 7.11 Å². The summed E-state index contributed by atoms with van der Waals surface area (Å²) in [4.78, 5) is 0. The first-order valence-corrected chi connectivity index (χ1v) is 21.6. The Hall–Kier alpha value is -1.23. The molecule has 0 aliphatic carbocycles. The van der Waals surface area contributed by atoms with Gasteiger partial charge in [0.1, 0.15) is 5.75 Å². The molecule has 0 radical (unpaired) electrons. The van der Waals surface area contributed by atoms with E-state index < -0.39 is 22.9 Å². The number of hydrogen-bond donors (Lipinski definition) is 0. The molecule has 5 nitrogen and oxygen atoms in total. The van der Waals surface area contributed by atoms with Crippen LogP contribution in [0.25, 0.3) is 0 Å². The molecular formula is C35H62O5Si2. The lowest BCUT2D eigenvalue weighted by Crippen LogP contribution is -2.53. The summed E-state index contributed by atoms with van der Waals surface area (Å²) >= 11 is 0. The van der Waals surface area contributed by atoms with Crippen LogP contribution in [0.3, 0.4) is 0 Å². The molecule has 1 heterocycles. The number of benzene rings is 1. The van der Waals surface area contributed by atoms with E-state index in [4.69, 9.17) is 23.1 Å². The molecule has 6 atom stereocenters. The zero-order chi connectivity index (χ0) is 31.7. The van der Waals surface area contributed by atoms with Crippen LogP contribution in [-0.4, -0.2) is 49.2 Å². The summed E-state index contributed by atoms with van der Waals surface area (Å²) in [5, 5.41) is 0.113. The van der Waals surface area contributed by atoms with E-state index in [0.717, 1.165) is 29.4 Å². The second kappa shape index (κ2) is 16.2. The van der Waals surface area contributed by atoms with Crippen molar-refractivity contribution in [2.75, 3.05) is 20.3 Å². The van der Waals surface area contributed by atoms with E-state index in [-0.39, 0.29) is 29.1 Å². The van der Waals surface area contributed by atoms with Gasteiger partial charge in [-0.1, -0.05) is 85.8 Å². The Kier molecular flexibility index (Phi) is 14.2. The number of rotatable bonds is 15. The minimum Gasteiger partial charge on any atom is -0.497 e. The van der Waals surface area contributed by atoms with Gasteiger partial charge in [0.15, 0.2) is 22.9 Å². The highest BCUT2D eigenvalue weighted by Gasteiger charge is 2.45. The second-order valence-electron chi connectivity index (χ2n) is 13.8. The van der Waals surface area contributed by atoms with Crippen molar-refractivity contribution in [1.29, 1.82) is 0 Å². The predicted molar refractivity (Wildman–Crippen MR) is 182 cm³/mol. The highest BCUT2D eigenvalue weighted by Crippen LogP contribution is 2.41. The third-order valence-corrected chi connectivity index (χ3v) is 18.9. The maximum Gasteiger partial charge on any atom is 0.192 e. The van der Waals surface area contributed by atoms with Crippen LogP contribution in [0.2, 0.25) is 36.3 Å². The van der Waals surface area contributed by atoms with Crippen molar-refractivity contribution in [3.63, 3.8) is 0 Å². The molecule has 1 aromatic carbocycles. The third-order valence-electron chi connectivity index (χ3n) is 9.77. The van der Waals surface area contributed by atoms with Gasteiger partial charge in [0.2, 0.25) is 0 Å². The monoisotopic (exact) mass is 618 g/mol. The Bertz CT molecular complexity index is 985. The van der Waals surface area contributed by atoms with Crippen molar-refractivity contribution in [2.24, 2.45) is 17.8 Å². The molecule has 0 amide bonds. The summed E-state index contributed by atoms with van der Waals surface area (Å²) < 4.78 is 33.1. The minimum atomic E-state index is -2.03. The van der Waals surface area contributed by atoms with Gasteiger partial charge in [-0.15, -0.1) is 0 Å². The van der Waals surface area contributed by atoms with Crippen LogP contribution in [0.15, 0.2) is 48.1 Å². The Balaban J connectivity index is 2.63. The Morgan fingerprint density at radius 2 is 1.67 bits per heavy atom. The van der Waals surface area contributed by atoms with Gasteiger partial charge in [-0.05, 0) is 73.7 Å². The summed E-state index contributed by atoms with van der Waals surface area (Å²) in [5.41, 5.74) is 2.28. The molecule has 0 aromatic heterocycles. The molecule has 1 fully saturated rings. The van der Waals surface area contributed by atoms with Gasteiger partial charge in [0.05, 0.1) is 25.9 Å². The molecule has 1 aliphatic heterocycles. The van der Waals surface area contributed by atoms with E-state index in [9.17, 15) is 0 Å². The van der Waals surface area contributed by atoms with E-state index in [1.165, 1.54) is 5.57 Å². The molecule has 0 unspecified atom stereocenters. The SMILES string of the molecule is C/C=C\[C@@H](C)/C=C(\C)[C@@H](O[Si](CC)(CC)CC)[C@H](CO[Si](C)(C)C(C)(C)C)[C@H]1O[C@@H](c2ccc(OC)cc2)OC[C@H]1C. The zero-order valence-electron chi connectivity index (χ0n) is 29.1. The fraction of sp³-hybridized carbons (Fsp3) is 0.714. The zero-order valence-corrected chi connectivity index (χ0v) is 31.1. The van der Waals surface area contributed by atoms with Gasteiger partial charge in [0, 0.05) is 24.0 Å². The molecule has 1 aromatic rings.